The van der Waals surface area contributed by atoms with Gasteiger partial charge in [-0.05, 0) is 19.2 Å². The molecule has 0 saturated carbocycles. The molecule has 0 unspecified atom stereocenters. The summed E-state index contributed by atoms with van der Waals surface area (Å²) in [4.78, 5) is 6.23. The van der Waals surface area contributed by atoms with Gasteiger partial charge in [0.25, 0.3) is 0 Å². The van der Waals surface area contributed by atoms with Crippen molar-refractivity contribution in [2.75, 3.05) is 38.7 Å². The first-order chi connectivity index (χ1) is 7.78. The van der Waals surface area contributed by atoms with Crippen LogP contribution < -0.4 is 5.43 Å². The minimum Gasteiger partial charge on any atom is -0.319 e. The zero-order chi connectivity index (χ0) is 11.4. The maximum Gasteiger partial charge on any atom is 0.142 e. The molecule has 1 N–H and O–H groups in total. The first-order valence-corrected chi connectivity index (χ1v) is 5.34. The van der Waals surface area contributed by atoms with E-state index in [4.69, 9.17) is 5.26 Å². The van der Waals surface area contributed by atoms with Crippen molar-refractivity contribution in [3.8, 4) is 6.07 Å². The molecule has 0 atom stereocenters. The molecule has 2 heterocycles. The lowest BCUT2D eigenvalue weighted by Crippen LogP contribution is -2.46. The van der Waals surface area contributed by atoms with Crippen LogP contribution in [0.5, 0.6) is 0 Å². The quantitative estimate of drug-likeness (QED) is 0.783. The maximum atomic E-state index is 8.74. The van der Waals surface area contributed by atoms with E-state index in [1.807, 2.05) is 12.1 Å². The number of hydrogen-bond donors (Lipinski definition) is 1. The molecule has 0 radical (unpaired) electrons. The highest BCUT2D eigenvalue weighted by atomic mass is 15.5. The average molecular weight is 217 g/mol. The second-order valence-corrected chi connectivity index (χ2v) is 3.94. The number of pyridine rings is 1. The summed E-state index contributed by atoms with van der Waals surface area (Å²) in [5.41, 5.74) is 4.66. The van der Waals surface area contributed by atoms with E-state index in [1.165, 1.54) is 0 Å². The fourth-order valence-electron chi connectivity index (χ4n) is 1.66. The number of nitrogens with one attached hydrogen (secondary N) is 1. The van der Waals surface area contributed by atoms with Crippen LogP contribution in [0.3, 0.4) is 0 Å². The fourth-order valence-corrected chi connectivity index (χ4v) is 1.66. The van der Waals surface area contributed by atoms with Gasteiger partial charge in [0.05, 0.1) is 5.69 Å². The lowest BCUT2D eigenvalue weighted by atomic mass is 10.3. The lowest BCUT2D eigenvalue weighted by molar-refractivity contribution is 0.179. The Kier molecular flexibility index (Phi) is 3.34. The van der Waals surface area contributed by atoms with Gasteiger partial charge in [-0.2, -0.15) is 5.26 Å². The Morgan fingerprint density at radius 2 is 2.12 bits per heavy atom. The Hall–Kier alpha value is -1.64. The van der Waals surface area contributed by atoms with Gasteiger partial charge in [-0.1, -0.05) is 0 Å². The van der Waals surface area contributed by atoms with Crippen molar-refractivity contribution in [1.82, 2.24) is 14.9 Å². The van der Waals surface area contributed by atoms with Crippen molar-refractivity contribution in [3.05, 3.63) is 24.0 Å². The van der Waals surface area contributed by atoms with Crippen LogP contribution in [0.2, 0.25) is 0 Å². The molecule has 0 amide bonds. The third-order valence-corrected chi connectivity index (χ3v) is 2.66. The van der Waals surface area contributed by atoms with Gasteiger partial charge >= 0.3 is 0 Å². The van der Waals surface area contributed by atoms with Crippen LogP contribution in [0.15, 0.2) is 18.3 Å². The molecule has 5 heteroatoms. The Labute approximate surface area is 95.3 Å². The lowest BCUT2D eigenvalue weighted by Gasteiger charge is -2.33. The third-order valence-electron chi connectivity index (χ3n) is 2.66. The summed E-state index contributed by atoms with van der Waals surface area (Å²) >= 11 is 0. The number of hydrazine groups is 1. The zero-order valence-electron chi connectivity index (χ0n) is 9.35. The number of nitrogens with zero attached hydrogens (tertiary/aromatic N) is 4. The molecule has 1 aromatic heterocycles. The van der Waals surface area contributed by atoms with Gasteiger partial charge in [-0.15, -0.1) is 0 Å². The molecule has 1 fully saturated rings. The van der Waals surface area contributed by atoms with Crippen molar-refractivity contribution in [2.45, 2.75) is 0 Å². The van der Waals surface area contributed by atoms with Gasteiger partial charge in [0.1, 0.15) is 11.8 Å². The fraction of sp³-hybridized carbons (Fsp3) is 0.455. The standard InChI is InChI=1S/C11H15N5/c1-15-4-6-16(7-5-15)14-10-2-3-13-11(8-10)9-12/h2-3,8H,4-7H2,1H3,(H,13,14). The van der Waals surface area contributed by atoms with Crippen LogP contribution in [0.25, 0.3) is 0 Å². The summed E-state index contributed by atoms with van der Waals surface area (Å²) in [6.45, 7) is 4.09. The number of anilines is 1. The first-order valence-electron chi connectivity index (χ1n) is 5.34. The number of likely N-dealkylation sites (N-methyl/N-ethyl adjacent to an activating group) is 1. The molecular formula is C11H15N5. The van der Waals surface area contributed by atoms with E-state index in [0.29, 0.717) is 5.69 Å². The molecule has 0 aliphatic carbocycles. The monoisotopic (exact) mass is 217 g/mol. The second kappa shape index (κ2) is 4.92. The maximum absolute atomic E-state index is 8.74. The van der Waals surface area contributed by atoms with Gasteiger partial charge in [-0.25, -0.2) is 9.99 Å². The van der Waals surface area contributed by atoms with Gasteiger partial charge in [0.2, 0.25) is 0 Å². The molecule has 1 aromatic rings. The third kappa shape index (κ3) is 2.69. The van der Waals surface area contributed by atoms with Crippen molar-refractivity contribution < 1.29 is 0 Å². The van der Waals surface area contributed by atoms with Crippen LogP contribution in [-0.4, -0.2) is 48.1 Å². The van der Waals surface area contributed by atoms with Crippen molar-refractivity contribution in [1.29, 1.82) is 5.26 Å². The van der Waals surface area contributed by atoms with Crippen LogP contribution in [0, 0.1) is 11.3 Å². The molecular weight excluding hydrogens is 202 g/mol. The summed E-state index contributed by atoms with van der Waals surface area (Å²) in [5.74, 6) is 0. The van der Waals surface area contributed by atoms with E-state index in [2.05, 4.69) is 27.4 Å². The van der Waals surface area contributed by atoms with E-state index >= 15 is 0 Å². The van der Waals surface area contributed by atoms with Crippen molar-refractivity contribution in [2.24, 2.45) is 0 Å². The summed E-state index contributed by atoms with van der Waals surface area (Å²) in [5, 5.41) is 10.9. The first kappa shape index (κ1) is 10.9. The zero-order valence-corrected chi connectivity index (χ0v) is 9.35. The smallest absolute Gasteiger partial charge is 0.142 e. The van der Waals surface area contributed by atoms with Crippen LogP contribution in [-0.2, 0) is 0 Å². The molecule has 0 bridgehead atoms. The van der Waals surface area contributed by atoms with E-state index in [-0.39, 0.29) is 0 Å². The Bertz CT molecular complexity index is 390. The summed E-state index contributed by atoms with van der Waals surface area (Å²) in [7, 11) is 2.12. The summed E-state index contributed by atoms with van der Waals surface area (Å²) in [6.07, 6.45) is 1.65. The highest BCUT2D eigenvalue weighted by Crippen LogP contribution is 2.09. The second-order valence-electron chi connectivity index (χ2n) is 3.94. The number of nitriles is 1. The minimum absolute atomic E-state index is 0.444. The van der Waals surface area contributed by atoms with E-state index < -0.39 is 0 Å². The van der Waals surface area contributed by atoms with Crippen molar-refractivity contribution in [3.63, 3.8) is 0 Å². The highest BCUT2D eigenvalue weighted by molar-refractivity contribution is 5.45. The summed E-state index contributed by atoms with van der Waals surface area (Å²) < 4.78 is 0. The molecule has 84 valence electrons. The van der Waals surface area contributed by atoms with Gasteiger partial charge in [0.15, 0.2) is 0 Å². The highest BCUT2D eigenvalue weighted by Gasteiger charge is 2.13. The van der Waals surface area contributed by atoms with Crippen LogP contribution >= 0.6 is 0 Å². The Morgan fingerprint density at radius 3 is 2.81 bits per heavy atom. The van der Waals surface area contributed by atoms with Crippen molar-refractivity contribution >= 4 is 5.69 Å². The van der Waals surface area contributed by atoms with Crippen LogP contribution in [0.4, 0.5) is 5.69 Å². The largest absolute Gasteiger partial charge is 0.319 e. The van der Waals surface area contributed by atoms with Crippen LogP contribution in [0.1, 0.15) is 5.69 Å². The average Bonchev–Trinajstić information content (AvgIpc) is 2.32. The molecule has 0 aromatic carbocycles. The SMILES string of the molecule is CN1CCN(Nc2ccnc(C#N)c2)CC1. The predicted octanol–water partition coefficient (Wildman–Crippen LogP) is 0.528. The van der Waals surface area contributed by atoms with E-state index in [9.17, 15) is 0 Å². The number of aromatic nitrogens is 1. The summed E-state index contributed by atoms with van der Waals surface area (Å²) in [6, 6.07) is 5.67. The van der Waals surface area contributed by atoms with Gasteiger partial charge in [-0.3, -0.25) is 0 Å². The minimum atomic E-state index is 0.444. The molecule has 0 spiro atoms. The molecule has 1 saturated heterocycles. The number of rotatable bonds is 2. The topological polar surface area (TPSA) is 55.2 Å². The number of piperazine rings is 1. The normalized spacial score (nSPS) is 18.0. The van der Waals surface area contributed by atoms with E-state index in [0.717, 1.165) is 31.9 Å². The molecule has 1 aliphatic rings. The Morgan fingerprint density at radius 1 is 1.38 bits per heavy atom. The molecule has 2 rings (SSSR count). The van der Waals surface area contributed by atoms with Gasteiger partial charge < -0.3 is 10.3 Å². The Balaban J connectivity index is 1.96. The molecule has 16 heavy (non-hydrogen) atoms. The molecule has 1 aliphatic heterocycles. The van der Waals surface area contributed by atoms with E-state index in [1.54, 1.807) is 12.3 Å². The molecule has 5 nitrogen and oxygen atoms in total. The number of hydrogen-bond acceptors (Lipinski definition) is 5. The van der Waals surface area contributed by atoms with Gasteiger partial charge in [0, 0.05) is 32.4 Å². The predicted molar refractivity (Wildman–Crippen MR) is 61.6 cm³/mol.